The Labute approximate surface area is 101 Å². The van der Waals surface area contributed by atoms with Crippen LogP contribution in [0.25, 0.3) is 0 Å². The molecule has 17 heavy (non-hydrogen) atoms. The average molecular weight is 242 g/mol. The lowest BCUT2D eigenvalue weighted by atomic mass is 9.91. The van der Waals surface area contributed by atoms with E-state index >= 15 is 0 Å². The summed E-state index contributed by atoms with van der Waals surface area (Å²) in [5, 5.41) is 3.49. The van der Waals surface area contributed by atoms with Gasteiger partial charge in [-0.3, -0.25) is 0 Å². The van der Waals surface area contributed by atoms with E-state index < -0.39 is 6.43 Å². The Morgan fingerprint density at radius 1 is 1.47 bits per heavy atom. The lowest BCUT2D eigenvalue weighted by Gasteiger charge is -2.23. The topological polar surface area (TPSA) is 17.0 Å². The molecule has 1 N–H and O–H groups in total. The summed E-state index contributed by atoms with van der Waals surface area (Å²) in [6.45, 7) is 2.94. The standard InChI is InChI=1S/C13H20F2N2/c1-2-6-16-12-5-3-4-10-7-17(8-11(10)12)9-13(14)15/h7-8,12-13,16H,2-6,9H2,1H3. The lowest BCUT2D eigenvalue weighted by molar-refractivity contribution is 0.126. The first-order chi connectivity index (χ1) is 8.20. The number of alkyl halides is 2. The summed E-state index contributed by atoms with van der Waals surface area (Å²) in [4.78, 5) is 0. The van der Waals surface area contributed by atoms with Crippen molar-refractivity contribution < 1.29 is 8.78 Å². The highest BCUT2D eigenvalue weighted by Crippen LogP contribution is 2.30. The molecule has 1 aromatic rings. The first-order valence-corrected chi connectivity index (χ1v) is 6.40. The maximum Gasteiger partial charge on any atom is 0.256 e. The van der Waals surface area contributed by atoms with Crippen molar-refractivity contribution >= 4 is 0 Å². The van der Waals surface area contributed by atoms with Gasteiger partial charge in [0.1, 0.15) is 0 Å². The molecule has 0 aliphatic heterocycles. The molecule has 1 aromatic heterocycles. The third-order valence-electron chi connectivity index (χ3n) is 3.30. The molecule has 2 rings (SSSR count). The summed E-state index contributed by atoms with van der Waals surface area (Å²) < 4.78 is 26.3. The molecule has 0 saturated carbocycles. The SMILES string of the molecule is CCCNC1CCCc2cn(CC(F)F)cc21. The van der Waals surface area contributed by atoms with Gasteiger partial charge in [0.25, 0.3) is 6.43 Å². The van der Waals surface area contributed by atoms with Crippen molar-refractivity contribution in [1.82, 2.24) is 9.88 Å². The fourth-order valence-electron chi connectivity index (χ4n) is 2.54. The highest BCUT2D eigenvalue weighted by atomic mass is 19.3. The predicted octanol–water partition coefficient (Wildman–Crippen LogP) is 3.13. The molecule has 1 aliphatic rings. The monoisotopic (exact) mass is 242 g/mol. The Morgan fingerprint density at radius 2 is 2.29 bits per heavy atom. The van der Waals surface area contributed by atoms with Crippen LogP contribution in [0.1, 0.15) is 43.4 Å². The zero-order valence-electron chi connectivity index (χ0n) is 10.3. The molecule has 96 valence electrons. The summed E-state index contributed by atoms with van der Waals surface area (Å²) in [5.41, 5.74) is 2.47. The van der Waals surface area contributed by atoms with Crippen LogP contribution in [0, 0.1) is 0 Å². The number of aromatic nitrogens is 1. The van der Waals surface area contributed by atoms with E-state index in [-0.39, 0.29) is 6.54 Å². The fraction of sp³-hybridized carbons (Fsp3) is 0.692. The summed E-state index contributed by atoms with van der Waals surface area (Å²) in [7, 11) is 0. The van der Waals surface area contributed by atoms with Gasteiger partial charge in [0.15, 0.2) is 0 Å². The normalized spacial score (nSPS) is 19.6. The van der Waals surface area contributed by atoms with E-state index in [1.165, 1.54) is 11.1 Å². The maximum atomic E-state index is 12.3. The Kier molecular flexibility index (Phi) is 4.15. The summed E-state index contributed by atoms with van der Waals surface area (Å²) in [5.74, 6) is 0. The van der Waals surface area contributed by atoms with E-state index in [9.17, 15) is 8.78 Å². The lowest BCUT2D eigenvalue weighted by Crippen LogP contribution is -2.24. The van der Waals surface area contributed by atoms with E-state index in [4.69, 9.17) is 0 Å². The van der Waals surface area contributed by atoms with Gasteiger partial charge in [-0.2, -0.15) is 0 Å². The molecule has 0 fully saturated rings. The first kappa shape index (κ1) is 12.6. The quantitative estimate of drug-likeness (QED) is 0.839. The number of aryl methyl sites for hydroxylation is 1. The average Bonchev–Trinajstić information content (AvgIpc) is 2.67. The van der Waals surface area contributed by atoms with Crippen LogP contribution < -0.4 is 5.32 Å². The van der Waals surface area contributed by atoms with Gasteiger partial charge < -0.3 is 9.88 Å². The van der Waals surface area contributed by atoms with Crippen LogP contribution >= 0.6 is 0 Å². The van der Waals surface area contributed by atoms with Crippen LogP contribution in [-0.2, 0) is 13.0 Å². The zero-order chi connectivity index (χ0) is 12.3. The number of fused-ring (bicyclic) bond motifs is 1. The largest absolute Gasteiger partial charge is 0.348 e. The predicted molar refractivity (Wildman–Crippen MR) is 64.4 cm³/mol. The smallest absolute Gasteiger partial charge is 0.256 e. The van der Waals surface area contributed by atoms with E-state index in [0.717, 1.165) is 32.2 Å². The van der Waals surface area contributed by atoms with Crippen LogP contribution in [0.2, 0.25) is 0 Å². The van der Waals surface area contributed by atoms with E-state index in [1.807, 2.05) is 12.4 Å². The van der Waals surface area contributed by atoms with Gasteiger partial charge in [-0.15, -0.1) is 0 Å². The van der Waals surface area contributed by atoms with Gasteiger partial charge in [-0.25, -0.2) is 8.78 Å². The molecular weight excluding hydrogens is 222 g/mol. The van der Waals surface area contributed by atoms with Crippen molar-refractivity contribution in [2.75, 3.05) is 6.54 Å². The van der Waals surface area contributed by atoms with Crippen molar-refractivity contribution in [3.05, 3.63) is 23.5 Å². The minimum atomic E-state index is -2.27. The van der Waals surface area contributed by atoms with Gasteiger partial charge in [-0.05, 0) is 43.4 Å². The third kappa shape index (κ3) is 3.06. The van der Waals surface area contributed by atoms with Gasteiger partial charge in [0.2, 0.25) is 0 Å². The van der Waals surface area contributed by atoms with E-state index in [1.54, 1.807) is 4.57 Å². The number of nitrogens with one attached hydrogen (secondary N) is 1. The van der Waals surface area contributed by atoms with Crippen LogP contribution in [0.5, 0.6) is 0 Å². The third-order valence-corrected chi connectivity index (χ3v) is 3.30. The molecular formula is C13H20F2N2. The summed E-state index contributed by atoms with van der Waals surface area (Å²) in [6.07, 6.45) is 5.90. The zero-order valence-corrected chi connectivity index (χ0v) is 10.3. The van der Waals surface area contributed by atoms with E-state index in [2.05, 4.69) is 12.2 Å². The highest BCUT2D eigenvalue weighted by molar-refractivity contribution is 5.30. The number of hydrogen-bond acceptors (Lipinski definition) is 1. The second-order valence-corrected chi connectivity index (χ2v) is 4.73. The minimum absolute atomic E-state index is 0.187. The van der Waals surface area contributed by atoms with Gasteiger partial charge >= 0.3 is 0 Å². The van der Waals surface area contributed by atoms with Crippen LogP contribution in [0.3, 0.4) is 0 Å². The van der Waals surface area contributed by atoms with Crippen molar-refractivity contribution in [1.29, 1.82) is 0 Å². The fourth-order valence-corrected chi connectivity index (χ4v) is 2.54. The molecule has 1 atom stereocenters. The number of halogens is 2. The molecule has 0 bridgehead atoms. The maximum absolute atomic E-state index is 12.3. The Bertz CT molecular complexity index is 360. The molecule has 4 heteroatoms. The molecule has 1 unspecified atom stereocenters. The van der Waals surface area contributed by atoms with Crippen molar-refractivity contribution in [3.8, 4) is 0 Å². The number of hydrogen-bond donors (Lipinski definition) is 1. The minimum Gasteiger partial charge on any atom is -0.348 e. The number of nitrogens with zero attached hydrogens (tertiary/aromatic N) is 1. The van der Waals surface area contributed by atoms with Crippen LogP contribution in [0.4, 0.5) is 8.78 Å². The van der Waals surface area contributed by atoms with Gasteiger partial charge in [0.05, 0.1) is 6.54 Å². The van der Waals surface area contributed by atoms with Crippen molar-refractivity contribution in [2.45, 2.75) is 51.6 Å². The Morgan fingerprint density at radius 3 is 3.00 bits per heavy atom. The number of rotatable bonds is 5. The molecule has 0 aromatic carbocycles. The second-order valence-electron chi connectivity index (χ2n) is 4.73. The summed E-state index contributed by atoms with van der Waals surface area (Å²) >= 11 is 0. The molecule has 0 spiro atoms. The molecule has 0 saturated heterocycles. The Hall–Kier alpha value is -0.900. The summed E-state index contributed by atoms with van der Waals surface area (Å²) in [6, 6.07) is 0.359. The molecule has 0 radical (unpaired) electrons. The molecule has 1 aliphatic carbocycles. The second kappa shape index (κ2) is 5.63. The molecule has 1 heterocycles. The van der Waals surface area contributed by atoms with Crippen molar-refractivity contribution in [3.63, 3.8) is 0 Å². The van der Waals surface area contributed by atoms with Crippen LogP contribution in [0.15, 0.2) is 12.4 Å². The van der Waals surface area contributed by atoms with Crippen molar-refractivity contribution in [2.24, 2.45) is 0 Å². The molecule has 2 nitrogen and oxygen atoms in total. The van der Waals surface area contributed by atoms with E-state index in [0.29, 0.717) is 6.04 Å². The van der Waals surface area contributed by atoms with Gasteiger partial charge in [-0.1, -0.05) is 6.92 Å². The van der Waals surface area contributed by atoms with Gasteiger partial charge in [0, 0.05) is 18.4 Å². The molecule has 0 amide bonds. The first-order valence-electron chi connectivity index (χ1n) is 6.40. The Balaban J connectivity index is 2.10. The highest BCUT2D eigenvalue weighted by Gasteiger charge is 2.21. The van der Waals surface area contributed by atoms with Crippen LogP contribution in [-0.4, -0.2) is 17.5 Å².